The first-order valence-electron chi connectivity index (χ1n) is 8.86. The number of fused-ring (bicyclic) bond motifs is 1. The number of esters is 1. The fourth-order valence-corrected chi connectivity index (χ4v) is 3.96. The Morgan fingerprint density at radius 1 is 1.14 bits per heavy atom. The number of benzene rings is 2. The van der Waals surface area contributed by atoms with Crippen molar-refractivity contribution in [3.05, 3.63) is 58.0 Å². The maximum atomic E-state index is 13.3. The Hall–Kier alpha value is -2.71. The molecule has 0 aliphatic carbocycles. The summed E-state index contributed by atoms with van der Waals surface area (Å²) in [5.41, 5.74) is 0.747. The Bertz CT molecular complexity index is 1040. The Morgan fingerprint density at radius 2 is 1.83 bits per heavy atom. The van der Waals surface area contributed by atoms with E-state index in [1.54, 1.807) is 55.5 Å². The zero-order valence-electron chi connectivity index (χ0n) is 15.2. The fourth-order valence-electron chi connectivity index (χ4n) is 3.47. The number of carbonyl (C=O) groups excluding carboxylic acids is 3. The number of carbonyl (C=O) groups is 3. The van der Waals surface area contributed by atoms with Gasteiger partial charge in [0.05, 0.1) is 23.0 Å². The molecule has 0 saturated carbocycles. The summed E-state index contributed by atoms with van der Waals surface area (Å²) in [4.78, 5) is 40.1. The van der Waals surface area contributed by atoms with Gasteiger partial charge < -0.3 is 4.74 Å². The number of amides is 2. The van der Waals surface area contributed by atoms with Gasteiger partial charge in [-0.05, 0) is 43.3 Å². The number of halogens is 2. The molecule has 2 aromatic rings. The lowest BCUT2D eigenvalue weighted by molar-refractivity contribution is -0.136. The molecular formula is C20H15BrClN3O4. The molecule has 1 saturated heterocycles. The molecule has 29 heavy (non-hydrogen) atoms. The van der Waals surface area contributed by atoms with E-state index in [4.69, 9.17) is 16.3 Å². The third-order valence-electron chi connectivity index (χ3n) is 4.72. The van der Waals surface area contributed by atoms with Crippen molar-refractivity contribution in [3.63, 3.8) is 0 Å². The van der Waals surface area contributed by atoms with Crippen LogP contribution in [0.25, 0.3) is 0 Å². The second-order valence-electron chi connectivity index (χ2n) is 6.41. The average molecular weight is 477 g/mol. The third kappa shape index (κ3) is 3.22. The van der Waals surface area contributed by atoms with E-state index in [1.807, 2.05) is 0 Å². The van der Waals surface area contributed by atoms with Crippen LogP contribution in [0.2, 0.25) is 5.02 Å². The summed E-state index contributed by atoms with van der Waals surface area (Å²) in [6, 6.07) is 12.6. The van der Waals surface area contributed by atoms with E-state index in [2.05, 4.69) is 21.0 Å². The first kappa shape index (κ1) is 19.6. The first-order chi connectivity index (χ1) is 13.9. The van der Waals surface area contributed by atoms with E-state index in [0.717, 1.165) is 9.37 Å². The van der Waals surface area contributed by atoms with Gasteiger partial charge in [-0.25, -0.2) is 14.7 Å². The Balaban J connectivity index is 1.81. The zero-order chi connectivity index (χ0) is 20.7. The zero-order valence-corrected chi connectivity index (χ0v) is 17.6. The highest BCUT2D eigenvalue weighted by Gasteiger charge is 2.59. The average Bonchev–Trinajstić information content (AvgIpc) is 3.21. The molecular weight excluding hydrogens is 462 g/mol. The summed E-state index contributed by atoms with van der Waals surface area (Å²) in [7, 11) is 0. The summed E-state index contributed by atoms with van der Waals surface area (Å²) >= 11 is 9.63. The molecule has 9 heteroatoms. The smallest absolute Gasteiger partial charge is 0.355 e. The van der Waals surface area contributed by atoms with Gasteiger partial charge in [0, 0.05) is 4.47 Å². The van der Waals surface area contributed by atoms with Crippen molar-refractivity contribution in [2.24, 2.45) is 11.0 Å². The minimum Gasteiger partial charge on any atom is -0.461 e. The van der Waals surface area contributed by atoms with Crippen LogP contribution in [0.5, 0.6) is 0 Å². The van der Waals surface area contributed by atoms with E-state index in [-0.39, 0.29) is 12.3 Å². The van der Waals surface area contributed by atoms with Crippen LogP contribution in [0, 0.1) is 5.92 Å². The molecule has 1 fully saturated rings. The maximum absolute atomic E-state index is 13.3. The van der Waals surface area contributed by atoms with Crippen LogP contribution >= 0.6 is 27.5 Å². The van der Waals surface area contributed by atoms with Gasteiger partial charge in [-0.3, -0.25) is 9.59 Å². The molecule has 7 nitrogen and oxygen atoms in total. The molecule has 2 aliphatic rings. The molecule has 2 atom stereocenters. The molecule has 0 spiro atoms. The van der Waals surface area contributed by atoms with E-state index in [0.29, 0.717) is 16.4 Å². The molecule has 0 bridgehead atoms. The minimum absolute atomic E-state index is 0.102. The predicted molar refractivity (Wildman–Crippen MR) is 112 cm³/mol. The molecule has 0 N–H and O–H groups in total. The molecule has 148 valence electrons. The molecule has 0 radical (unpaired) electrons. The molecule has 4 rings (SSSR count). The first-order valence-corrected chi connectivity index (χ1v) is 10.0. The van der Waals surface area contributed by atoms with Crippen LogP contribution in [0.4, 0.5) is 11.4 Å². The Morgan fingerprint density at radius 3 is 2.48 bits per heavy atom. The van der Waals surface area contributed by atoms with Gasteiger partial charge in [-0.2, -0.15) is 5.10 Å². The molecule has 2 amide bonds. The predicted octanol–water partition coefficient (Wildman–Crippen LogP) is 3.40. The lowest BCUT2D eigenvalue weighted by Crippen LogP contribution is -2.39. The van der Waals surface area contributed by atoms with Crippen LogP contribution in [-0.2, 0) is 19.1 Å². The number of hydrogen-bond acceptors (Lipinski definition) is 6. The maximum Gasteiger partial charge on any atom is 0.355 e. The number of para-hydroxylation sites is 1. The van der Waals surface area contributed by atoms with E-state index >= 15 is 0 Å². The van der Waals surface area contributed by atoms with Crippen molar-refractivity contribution < 1.29 is 19.1 Å². The van der Waals surface area contributed by atoms with Crippen LogP contribution in [-0.4, -0.2) is 36.1 Å². The fraction of sp³-hybridized carbons (Fsp3) is 0.200. The monoisotopic (exact) mass is 475 g/mol. The summed E-state index contributed by atoms with van der Waals surface area (Å²) in [6.45, 7) is 1.78. The molecule has 2 aliphatic heterocycles. The van der Waals surface area contributed by atoms with Crippen molar-refractivity contribution in [1.29, 1.82) is 0 Å². The van der Waals surface area contributed by atoms with Crippen molar-refractivity contribution >= 4 is 62.4 Å². The second kappa shape index (κ2) is 7.61. The summed E-state index contributed by atoms with van der Waals surface area (Å²) in [5.74, 6) is -2.80. The SMILES string of the molecule is CCOC(=O)C1=NN(c2ccccc2Cl)[C@@H]2C(=O)N(c3ccc(Br)cc3)C(=O)[C@H]12. The molecule has 2 heterocycles. The van der Waals surface area contributed by atoms with Crippen molar-refractivity contribution in [3.8, 4) is 0 Å². The third-order valence-corrected chi connectivity index (χ3v) is 5.57. The van der Waals surface area contributed by atoms with Gasteiger partial charge in [0.2, 0.25) is 5.91 Å². The molecule has 2 aromatic carbocycles. The normalized spacial score (nSPS) is 20.7. The quantitative estimate of drug-likeness (QED) is 0.499. The van der Waals surface area contributed by atoms with E-state index < -0.39 is 29.7 Å². The van der Waals surface area contributed by atoms with Crippen molar-refractivity contribution in [1.82, 2.24) is 0 Å². The number of rotatable bonds is 4. The van der Waals surface area contributed by atoms with Crippen LogP contribution in [0.3, 0.4) is 0 Å². The van der Waals surface area contributed by atoms with Gasteiger partial charge >= 0.3 is 5.97 Å². The van der Waals surface area contributed by atoms with Gasteiger partial charge in [0.25, 0.3) is 5.91 Å². The number of imide groups is 1. The number of hydrazone groups is 1. The lowest BCUT2D eigenvalue weighted by Gasteiger charge is -2.22. The summed E-state index contributed by atoms with van der Waals surface area (Å²) in [5, 5.41) is 5.98. The largest absolute Gasteiger partial charge is 0.461 e. The van der Waals surface area contributed by atoms with Crippen molar-refractivity contribution in [2.45, 2.75) is 13.0 Å². The second-order valence-corrected chi connectivity index (χ2v) is 7.74. The highest BCUT2D eigenvalue weighted by molar-refractivity contribution is 9.10. The highest BCUT2D eigenvalue weighted by Crippen LogP contribution is 2.40. The number of nitrogens with zero attached hydrogens (tertiary/aromatic N) is 3. The number of hydrogen-bond donors (Lipinski definition) is 0. The van der Waals surface area contributed by atoms with Gasteiger partial charge in [0.15, 0.2) is 5.71 Å². The van der Waals surface area contributed by atoms with Gasteiger partial charge in [-0.1, -0.05) is 39.7 Å². The van der Waals surface area contributed by atoms with Gasteiger partial charge in [0.1, 0.15) is 12.0 Å². The van der Waals surface area contributed by atoms with E-state index in [9.17, 15) is 14.4 Å². The van der Waals surface area contributed by atoms with Crippen LogP contribution in [0.15, 0.2) is 58.1 Å². The number of anilines is 2. The van der Waals surface area contributed by atoms with E-state index in [1.165, 1.54) is 5.01 Å². The Kier molecular flexibility index (Phi) is 5.14. The van der Waals surface area contributed by atoms with Crippen LogP contribution < -0.4 is 9.91 Å². The molecule has 0 aromatic heterocycles. The summed E-state index contributed by atoms with van der Waals surface area (Å²) in [6.07, 6.45) is 0. The topological polar surface area (TPSA) is 79.3 Å². The summed E-state index contributed by atoms with van der Waals surface area (Å²) < 4.78 is 5.88. The van der Waals surface area contributed by atoms with Gasteiger partial charge in [-0.15, -0.1) is 0 Å². The van der Waals surface area contributed by atoms with Crippen LogP contribution in [0.1, 0.15) is 6.92 Å². The molecule has 0 unspecified atom stereocenters. The minimum atomic E-state index is -1.07. The lowest BCUT2D eigenvalue weighted by atomic mass is 9.98. The highest BCUT2D eigenvalue weighted by atomic mass is 79.9. The standard InChI is InChI=1S/C20H15BrClN3O4/c1-2-29-20(28)16-15-17(25(23-16)14-6-4-3-5-13(14)22)19(27)24(18(15)26)12-9-7-11(21)8-10-12/h3-10,15,17H,2H2,1H3/t15-,17+/m1/s1. The number of ether oxygens (including phenoxy) is 1. The Labute approximate surface area is 180 Å². The van der Waals surface area contributed by atoms with Crippen molar-refractivity contribution in [2.75, 3.05) is 16.5 Å².